The van der Waals surface area contributed by atoms with E-state index in [1.54, 1.807) is 11.8 Å². The van der Waals surface area contributed by atoms with Gasteiger partial charge in [-0.25, -0.2) is 0 Å². The molecule has 1 amide bonds. The maximum atomic E-state index is 11.4. The van der Waals surface area contributed by atoms with Gasteiger partial charge in [-0.05, 0) is 36.0 Å². The van der Waals surface area contributed by atoms with Crippen molar-refractivity contribution in [2.45, 2.75) is 25.2 Å². The largest absolute Gasteiger partial charge is 0.396 e. The van der Waals surface area contributed by atoms with Crippen LogP contribution in [0.25, 0.3) is 0 Å². The van der Waals surface area contributed by atoms with Crippen LogP contribution in [0.4, 0.5) is 5.69 Å². The van der Waals surface area contributed by atoms with E-state index in [0.717, 1.165) is 17.0 Å². The first kappa shape index (κ1) is 13.4. The summed E-state index contributed by atoms with van der Waals surface area (Å²) in [5.41, 5.74) is 2.08. The topological polar surface area (TPSA) is 49.3 Å². The monoisotopic (exact) mass is 265 g/mol. The number of nitrogens with one attached hydrogen (secondary N) is 1. The fraction of sp³-hybridized carbons (Fsp3) is 0.500. The third kappa shape index (κ3) is 3.06. The number of thioether (sulfide) groups is 1. The van der Waals surface area contributed by atoms with E-state index < -0.39 is 0 Å². The molecule has 0 aliphatic carbocycles. The third-order valence-corrected chi connectivity index (χ3v) is 4.43. The van der Waals surface area contributed by atoms with Crippen LogP contribution in [0.1, 0.15) is 19.4 Å². The van der Waals surface area contributed by atoms with E-state index in [-0.39, 0.29) is 18.4 Å². The zero-order valence-electron chi connectivity index (χ0n) is 10.8. The number of aliphatic hydroxyl groups is 1. The van der Waals surface area contributed by atoms with Crippen LogP contribution in [0.3, 0.4) is 0 Å². The number of aliphatic hydroxyl groups excluding tert-OH is 1. The highest BCUT2D eigenvalue weighted by Gasteiger charge is 2.17. The summed E-state index contributed by atoms with van der Waals surface area (Å²) in [6, 6.07) is 6.18. The summed E-state index contributed by atoms with van der Waals surface area (Å²) in [5, 5.41) is 12.3. The first-order valence-electron chi connectivity index (χ1n) is 6.26. The van der Waals surface area contributed by atoms with Crippen LogP contribution in [0.15, 0.2) is 23.1 Å². The minimum atomic E-state index is 0.0622. The summed E-state index contributed by atoms with van der Waals surface area (Å²) < 4.78 is 0. The number of fused-ring (bicyclic) bond motifs is 1. The van der Waals surface area contributed by atoms with Gasteiger partial charge >= 0.3 is 0 Å². The van der Waals surface area contributed by atoms with Crippen molar-refractivity contribution in [3.05, 3.63) is 23.8 Å². The molecule has 0 radical (unpaired) electrons. The molecule has 2 rings (SSSR count). The molecule has 0 fully saturated rings. The zero-order chi connectivity index (χ0) is 13.1. The molecule has 1 aromatic rings. The van der Waals surface area contributed by atoms with E-state index in [9.17, 15) is 9.90 Å². The van der Waals surface area contributed by atoms with Crippen molar-refractivity contribution in [1.82, 2.24) is 0 Å². The van der Waals surface area contributed by atoms with E-state index >= 15 is 0 Å². The van der Waals surface area contributed by atoms with Gasteiger partial charge in [-0.2, -0.15) is 0 Å². The highest BCUT2D eigenvalue weighted by Crippen LogP contribution is 2.32. The van der Waals surface area contributed by atoms with Gasteiger partial charge in [-0.3, -0.25) is 4.79 Å². The Kier molecular flexibility index (Phi) is 4.30. The predicted octanol–water partition coefficient (Wildman–Crippen LogP) is 2.54. The Morgan fingerprint density at radius 2 is 2.22 bits per heavy atom. The molecular weight excluding hydrogens is 246 g/mol. The van der Waals surface area contributed by atoms with Gasteiger partial charge in [0.2, 0.25) is 5.91 Å². The van der Waals surface area contributed by atoms with Crippen molar-refractivity contribution < 1.29 is 9.90 Å². The van der Waals surface area contributed by atoms with Gasteiger partial charge in [0.25, 0.3) is 0 Å². The highest BCUT2D eigenvalue weighted by atomic mass is 32.2. The Hall–Kier alpha value is -1.000. The SMILES string of the molecule is CC(C)C(CO)Cc1ccc2c(c1)NC(=O)CS2. The first-order valence-corrected chi connectivity index (χ1v) is 7.25. The highest BCUT2D eigenvalue weighted by molar-refractivity contribution is 8.00. The molecular formula is C14H19NO2S. The fourth-order valence-corrected chi connectivity index (χ4v) is 2.86. The summed E-state index contributed by atoms with van der Waals surface area (Å²) in [4.78, 5) is 12.5. The second-order valence-electron chi connectivity index (χ2n) is 5.06. The molecule has 2 N–H and O–H groups in total. The molecule has 0 saturated carbocycles. The lowest BCUT2D eigenvalue weighted by Gasteiger charge is -2.21. The zero-order valence-corrected chi connectivity index (χ0v) is 11.6. The smallest absolute Gasteiger partial charge is 0.234 e. The average Bonchev–Trinajstić information content (AvgIpc) is 2.35. The van der Waals surface area contributed by atoms with Crippen LogP contribution < -0.4 is 5.32 Å². The number of hydrogen-bond donors (Lipinski definition) is 2. The second kappa shape index (κ2) is 5.76. The molecule has 0 spiro atoms. The van der Waals surface area contributed by atoms with Gasteiger partial charge in [-0.15, -0.1) is 11.8 Å². The number of amides is 1. The Labute approximate surface area is 112 Å². The van der Waals surface area contributed by atoms with Gasteiger partial charge in [0, 0.05) is 11.5 Å². The Morgan fingerprint density at radius 1 is 1.44 bits per heavy atom. The van der Waals surface area contributed by atoms with Crippen molar-refractivity contribution >= 4 is 23.4 Å². The molecule has 0 saturated heterocycles. The minimum Gasteiger partial charge on any atom is -0.396 e. The summed E-state index contributed by atoms with van der Waals surface area (Å²) in [7, 11) is 0. The van der Waals surface area contributed by atoms with Crippen LogP contribution in [0, 0.1) is 11.8 Å². The molecule has 1 aliphatic heterocycles. The number of rotatable bonds is 4. The van der Waals surface area contributed by atoms with E-state index in [0.29, 0.717) is 11.7 Å². The van der Waals surface area contributed by atoms with Crippen molar-refractivity contribution in [3.63, 3.8) is 0 Å². The lowest BCUT2D eigenvalue weighted by molar-refractivity contribution is -0.113. The molecule has 98 valence electrons. The predicted molar refractivity (Wildman–Crippen MR) is 74.9 cm³/mol. The van der Waals surface area contributed by atoms with E-state index in [2.05, 4.69) is 31.3 Å². The molecule has 1 unspecified atom stereocenters. The molecule has 4 heteroatoms. The quantitative estimate of drug-likeness (QED) is 0.879. The van der Waals surface area contributed by atoms with Gasteiger partial charge in [0.1, 0.15) is 0 Å². The summed E-state index contributed by atoms with van der Waals surface area (Å²) >= 11 is 1.58. The maximum Gasteiger partial charge on any atom is 0.234 e. The number of hydrogen-bond acceptors (Lipinski definition) is 3. The number of anilines is 1. The van der Waals surface area contributed by atoms with Gasteiger partial charge in [-0.1, -0.05) is 19.9 Å². The molecule has 1 aliphatic rings. The normalized spacial score (nSPS) is 16.3. The number of benzene rings is 1. The second-order valence-corrected chi connectivity index (χ2v) is 6.08. The van der Waals surface area contributed by atoms with E-state index in [1.807, 2.05) is 6.07 Å². The summed E-state index contributed by atoms with van der Waals surface area (Å²) in [6.45, 7) is 4.45. The minimum absolute atomic E-state index is 0.0622. The van der Waals surface area contributed by atoms with Gasteiger partial charge in [0.05, 0.1) is 11.4 Å². The molecule has 0 bridgehead atoms. The summed E-state index contributed by atoms with van der Waals surface area (Å²) in [5.74, 6) is 1.29. The molecule has 1 heterocycles. The lowest BCUT2D eigenvalue weighted by atomic mass is 9.90. The Balaban J connectivity index is 2.15. The molecule has 0 aromatic heterocycles. The standard InChI is InChI=1S/C14H19NO2S/c1-9(2)11(7-16)5-10-3-4-13-12(6-10)15-14(17)8-18-13/h3-4,6,9,11,16H,5,7-8H2,1-2H3,(H,15,17). The van der Waals surface area contributed by atoms with Crippen molar-refractivity contribution in [2.75, 3.05) is 17.7 Å². The number of carbonyl (C=O) groups excluding carboxylic acids is 1. The maximum absolute atomic E-state index is 11.4. The lowest BCUT2D eigenvalue weighted by Crippen LogP contribution is -2.19. The molecule has 1 atom stereocenters. The van der Waals surface area contributed by atoms with Gasteiger partial charge in [0.15, 0.2) is 0 Å². The van der Waals surface area contributed by atoms with Crippen LogP contribution in [-0.2, 0) is 11.2 Å². The van der Waals surface area contributed by atoms with Crippen molar-refractivity contribution in [3.8, 4) is 0 Å². The first-order chi connectivity index (χ1) is 8.60. The third-order valence-electron chi connectivity index (χ3n) is 3.35. The van der Waals surface area contributed by atoms with E-state index in [1.165, 1.54) is 5.56 Å². The number of carbonyl (C=O) groups is 1. The average molecular weight is 265 g/mol. The van der Waals surface area contributed by atoms with Crippen LogP contribution >= 0.6 is 11.8 Å². The van der Waals surface area contributed by atoms with Crippen LogP contribution in [-0.4, -0.2) is 23.4 Å². The molecule has 3 nitrogen and oxygen atoms in total. The fourth-order valence-electron chi connectivity index (χ4n) is 2.07. The Bertz CT molecular complexity index is 445. The van der Waals surface area contributed by atoms with Crippen LogP contribution in [0.5, 0.6) is 0 Å². The van der Waals surface area contributed by atoms with E-state index in [4.69, 9.17) is 0 Å². The van der Waals surface area contributed by atoms with Crippen molar-refractivity contribution in [2.24, 2.45) is 11.8 Å². The molecule has 18 heavy (non-hydrogen) atoms. The summed E-state index contributed by atoms with van der Waals surface area (Å²) in [6.07, 6.45) is 0.849. The Morgan fingerprint density at radius 3 is 2.89 bits per heavy atom. The van der Waals surface area contributed by atoms with Crippen LogP contribution in [0.2, 0.25) is 0 Å². The van der Waals surface area contributed by atoms with Crippen molar-refractivity contribution in [1.29, 1.82) is 0 Å². The molecule has 1 aromatic carbocycles. The van der Waals surface area contributed by atoms with Gasteiger partial charge < -0.3 is 10.4 Å².